The Morgan fingerprint density at radius 3 is 2.02 bits per heavy atom. The number of hydrogen-bond donors (Lipinski definition) is 1. The van der Waals surface area contributed by atoms with E-state index in [2.05, 4.69) is 10.2 Å². The fourth-order valence-electron chi connectivity index (χ4n) is 5.67. The summed E-state index contributed by atoms with van der Waals surface area (Å²) >= 11 is 3.19. The Hall–Kier alpha value is -4.84. The van der Waals surface area contributed by atoms with E-state index in [-0.39, 0.29) is 22.3 Å². The molecule has 1 atom stereocenters. The van der Waals surface area contributed by atoms with Crippen molar-refractivity contribution >= 4 is 63.5 Å². The molecule has 2 aliphatic heterocycles. The van der Waals surface area contributed by atoms with Gasteiger partial charge < -0.3 is 14.8 Å². The van der Waals surface area contributed by atoms with Crippen LogP contribution in [0.25, 0.3) is 0 Å². The number of halogens is 1. The monoisotopic (exact) mass is 671 g/mol. The van der Waals surface area contributed by atoms with E-state index in [0.29, 0.717) is 30.9 Å². The third kappa shape index (κ3) is 6.83. The number of carbonyl (C=O) groups excluding carboxylic acids is 4. The van der Waals surface area contributed by atoms with E-state index in [1.807, 2.05) is 19.9 Å². The van der Waals surface area contributed by atoms with Crippen molar-refractivity contribution in [3.63, 3.8) is 0 Å². The number of amides is 5. The van der Waals surface area contributed by atoms with Crippen LogP contribution in [0.3, 0.4) is 0 Å². The van der Waals surface area contributed by atoms with Gasteiger partial charge >= 0.3 is 6.03 Å². The number of para-hydroxylation sites is 2. The van der Waals surface area contributed by atoms with E-state index in [1.165, 1.54) is 6.08 Å². The van der Waals surface area contributed by atoms with Crippen molar-refractivity contribution in [2.45, 2.75) is 30.6 Å². The number of nitrogens with one attached hydrogen (secondary N) is 1. The number of benzene rings is 3. The van der Waals surface area contributed by atoms with Crippen LogP contribution in [-0.2, 0) is 30.9 Å². The summed E-state index contributed by atoms with van der Waals surface area (Å²) in [5.74, 6) is -1.90. The van der Waals surface area contributed by atoms with Gasteiger partial charge in [-0.2, -0.15) is 0 Å². The lowest BCUT2D eigenvalue weighted by molar-refractivity contribution is -0.121. The Bertz CT molecular complexity index is 1760. The topological polar surface area (TPSA) is 130 Å². The molecule has 3 aromatic rings. The fraction of sp³-hybridized carbons (Fsp3) is 0.200. The summed E-state index contributed by atoms with van der Waals surface area (Å²) in [5.41, 5.74) is 2.33. The zero-order valence-electron chi connectivity index (χ0n) is 25.7. The van der Waals surface area contributed by atoms with E-state index in [0.717, 1.165) is 26.7 Å². The largest absolute Gasteiger partial charge is 0.768 e. The SMILES string of the molecule is CC1(C)/C(=C\C=C\C=C2C(=O)N(c3ccccc3)C(=O)N(c3ccccc3)C2=O)N(CCCNC(=O)CCl)c2ccc(S(=O)[O-])cc21. The van der Waals surface area contributed by atoms with Crippen LogP contribution in [0.4, 0.5) is 21.9 Å². The molecule has 5 amide bonds. The summed E-state index contributed by atoms with van der Waals surface area (Å²) in [6.45, 7) is 4.86. The zero-order valence-corrected chi connectivity index (χ0v) is 27.3. The molecule has 10 nitrogen and oxygen atoms in total. The highest BCUT2D eigenvalue weighted by Gasteiger charge is 2.43. The minimum atomic E-state index is -2.41. The van der Waals surface area contributed by atoms with Crippen LogP contribution >= 0.6 is 11.6 Å². The highest BCUT2D eigenvalue weighted by molar-refractivity contribution is 7.79. The summed E-state index contributed by atoms with van der Waals surface area (Å²) < 4.78 is 23.5. The molecule has 0 aromatic heterocycles. The van der Waals surface area contributed by atoms with Crippen LogP contribution < -0.4 is 20.0 Å². The van der Waals surface area contributed by atoms with Gasteiger partial charge in [0.25, 0.3) is 11.8 Å². The average molecular weight is 672 g/mol. The van der Waals surface area contributed by atoms with Crippen molar-refractivity contribution in [1.82, 2.24) is 5.32 Å². The molecular formula is C35H32ClN4O6S-. The zero-order chi connectivity index (χ0) is 33.7. The van der Waals surface area contributed by atoms with Crippen molar-refractivity contribution < 1.29 is 27.9 Å². The summed E-state index contributed by atoms with van der Waals surface area (Å²) in [6.07, 6.45) is 7.08. The van der Waals surface area contributed by atoms with Crippen LogP contribution in [0.5, 0.6) is 0 Å². The van der Waals surface area contributed by atoms with E-state index in [1.54, 1.807) is 91.0 Å². The molecule has 1 N–H and O–H groups in total. The lowest BCUT2D eigenvalue weighted by Gasteiger charge is -2.33. The first-order chi connectivity index (χ1) is 22.6. The summed E-state index contributed by atoms with van der Waals surface area (Å²) in [5, 5.41) is 2.75. The Labute approximate surface area is 280 Å². The van der Waals surface area contributed by atoms with Crippen LogP contribution in [-0.4, -0.2) is 51.5 Å². The first-order valence-electron chi connectivity index (χ1n) is 14.8. The minimum Gasteiger partial charge on any atom is -0.768 e. The molecule has 1 unspecified atom stereocenters. The predicted molar refractivity (Wildman–Crippen MR) is 181 cm³/mol. The Balaban J connectivity index is 1.49. The number of alkyl halides is 1. The first kappa shape index (κ1) is 33.5. The minimum absolute atomic E-state index is 0.133. The van der Waals surface area contributed by atoms with Gasteiger partial charge in [0.15, 0.2) is 0 Å². The second kappa shape index (κ2) is 14.3. The molecule has 1 saturated heterocycles. The predicted octanol–water partition coefficient (Wildman–Crippen LogP) is 5.33. The molecule has 2 heterocycles. The second-order valence-electron chi connectivity index (χ2n) is 11.3. The molecular weight excluding hydrogens is 640 g/mol. The van der Waals surface area contributed by atoms with Crippen molar-refractivity contribution in [3.05, 3.63) is 120 Å². The maximum Gasteiger partial charge on any atom is 0.343 e. The van der Waals surface area contributed by atoms with Gasteiger partial charge in [0.1, 0.15) is 11.5 Å². The van der Waals surface area contributed by atoms with Gasteiger partial charge in [-0.25, -0.2) is 14.6 Å². The molecule has 0 aliphatic carbocycles. The van der Waals surface area contributed by atoms with Crippen LogP contribution in [0.15, 0.2) is 119 Å². The Kier molecular flexibility index (Phi) is 10.2. The third-order valence-corrected chi connectivity index (χ3v) is 8.85. The van der Waals surface area contributed by atoms with Gasteiger partial charge in [-0.1, -0.05) is 62.4 Å². The molecule has 5 rings (SSSR count). The van der Waals surface area contributed by atoms with Crippen molar-refractivity contribution in [1.29, 1.82) is 0 Å². The molecule has 47 heavy (non-hydrogen) atoms. The van der Waals surface area contributed by atoms with Gasteiger partial charge in [-0.05, 0) is 77.7 Å². The lowest BCUT2D eigenvalue weighted by Crippen LogP contribution is -2.57. The number of carbonyl (C=O) groups is 4. The van der Waals surface area contributed by atoms with Crippen LogP contribution in [0.1, 0.15) is 25.8 Å². The molecule has 242 valence electrons. The Morgan fingerprint density at radius 2 is 1.47 bits per heavy atom. The third-order valence-electron chi connectivity index (χ3n) is 7.96. The molecule has 2 aliphatic rings. The first-order valence-corrected chi connectivity index (χ1v) is 16.4. The number of anilines is 3. The molecule has 0 spiro atoms. The number of nitrogens with zero attached hydrogens (tertiary/aromatic N) is 3. The smallest absolute Gasteiger partial charge is 0.343 e. The number of imide groups is 2. The number of hydrogen-bond acceptors (Lipinski definition) is 7. The number of fused-ring (bicyclic) bond motifs is 1. The molecule has 3 aromatic carbocycles. The highest BCUT2D eigenvalue weighted by atomic mass is 35.5. The quantitative estimate of drug-likeness (QED) is 0.101. The van der Waals surface area contributed by atoms with Gasteiger partial charge in [-0.15, -0.1) is 11.6 Å². The normalized spacial score (nSPS) is 17.4. The molecule has 0 saturated carbocycles. The maximum atomic E-state index is 13.6. The number of allylic oxidation sites excluding steroid dienone is 5. The van der Waals surface area contributed by atoms with E-state index in [4.69, 9.17) is 11.6 Å². The molecule has 0 radical (unpaired) electrons. The van der Waals surface area contributed by atoms with E-state index >= 15 is 0 Å². The van der Waals surface area contributed by atoms with Crippen molar-refractivity contribution in [2.75, 3.05) is 33.7 Å². The standard InChI is InChI=1S/C35H33ClN4O6S/c1-35(2)28-22-26(47(45)46)18-19-29(28)38(21-11-20-37-31(41)23-36)30(35)17-10-9-16-27-32(42)39(24-12-5-3-6-13-24)34(44)40(33(27)43)25-14-7-4-8-15-25/h3-10,12-19,22H,11,20-21,23H2,1-2H3,(H,37,41)(H,45,46)/p-1/b10-9+,30-17+. The summed E-state index contributed by atoms with van der Waals surface area (Å²) in [7, 11) is 0. The number of rotatable bonds is 10. The summed E-state index contributed by atoms with van der Waals surface area (Å²) in [4.78, 5) is 56.6. The highest BCUT2D eigenvalue weighted by Crippen LogP contribution is 2.48. The molecule has 0 bridgehead atoms. The second-order valence-corrected chi connectivity index (χ2v) is 12.5. The van der Waals surface area contributed by atoms with E-state index in [9.17, 15) is 27.9 Å². The van der Waals surface area contributed by atoms with Gasteiger partial charge in [-0.3, -0.25) is 18.6 Å². The molecule has 12 heteroatoms. The van der Waals surface area contributed by atoms with Gasteiger partial charge in [0.2, 0.25) is 5.91 Å². The lowest BCUT2D eigenvalue weighted by atomic mass is 9.83. The summed E-state index contributed by atoms with van der Waals surface area (Å²) in [6, 6.07) is 21.0. The van der Waals surface area contributed by atoms with Crippen molar-refractivity contribution in [3.8, 4) is 0 Å². The fourth-order valence-corrected chi connectivity index (χ4v) is 6.16. The number of urea groups is 1. The number of barbiturate groups is 1. The van der Waals surface area contributed by atoms with Crippen LogP contribution in [0.2, 0.25) is 0 Å². The molecule has 1 fully saturated rings. The van der Waals surface area contributed by atoms with Gasteiger partial charge in [0.05, 0.1) is 11.4 Å². The van der Waals surface area contributed by atoms with E-state index < -0.39 is 34.3 Å². The van der Waals surface area contributed by atoms with Crippen LogP contribution in [0, 0.1) is 0 Å². The van der Waals surface area contributed by atoms with Gasteiger partial charge in [0, 0.05) is 34.8 Å². The Morgan fingerprint density at radius 1 is 0.894 bits per heavy atom. The maximum absolute atomic E-state index is 13.6. The van der Waals surface area contributed by atoms with Crippen molar-refractivity contribution in [2.24, 2.45) is 0 Å². The average Bonchev–Trinajstić information content (AvgIpc) is 3.28.